The number of aromatic nitrogens is 1. The van der Waals surface area contributed by atoms with Crippen molar-refractivity contribution in [2.24, 2.45) is 0 Å². The van der Waals surface area contributed by atoms with Crippen molar-refractivity contribution in [3.63, 3.8) is 0 Å². The topological polar surface area (TPSA) is 82.2 Å². The number of carbonyl (C=O) groups is 2. The molecule has 1 aromatic carbocycles. The number of hydrogen-bond acceptors (Lipinski definition) is 3. The molecule has 5 nitrogen and oxygen atoms in total. The maximum absolute atomic E-state index is 12.4. The van der Waals surface area contributed by atoms with E-state index in [1.54, 1.807) is 23.9 Å². The minimum atomic E-state index is -1.13. The molecule has 1 saturated heterocycles. The Labute approximate surface area is 126 Å². The van der Waals surface area contributed by atoms with Gasteiger partial charge in [0.25, 0.3) is 5.91 Å². The SMILES string of the molecule is O=C(NC1(C(=O)O)CCSCC1)c1ccc2[nH]ccc2c1. The van der Waals surface area contributed by atoms with Crippen molar-refractivity contribution in [2.45, 2.75) is 18.4 Å². The summed E-state index contributed by atoms with van der Waals surface area (Å²) in [5.74, 6) is 0.235. The molecule has 1 fully saturated rings. The van der Waals surface area contributed by atoms with E-state index in [1.807, 2.05) is 18.3 Å². The van der Waals surface area contributed by atoms with Gasteiger partial charge in [0.1, 0.15) is 5.54 Å². The van der Waals surface area contributed by atoms with Crippen molar-refractivity contribution in [2.75, 3.05) is 11.5 Å². The van der Waals surface area contributed by atoms with E-state index < -0.39 is 11.5 Å². The summed E-state index contributed by atoms with van der Waals surface area (Å²) in [6.45, 7) is 0. The lowest BCUT2D eigenvalue weighted by molar-refractivity contribution is -0.144. The first-order valence-electron chi connectivity index (χ1n) is 6.82. The lowest BCUT2D eigenvalue weighted by Crippen LogP contribution is -2.56. The fourth-order valence-electron chi connectivity index (χ4n) is 2.60. The summed E-state index contributed by atoms with van der Waals surface area (Å²) >= 11 is 1.72. The Kier molecular flexibility index (Phi) is 3.63. The molecule has 0 atom stereocenters. The Morgan fingerprint density at radius 1 is 1.24 bits per heavy atom. The van der Waals surface area contributed by atoms with Gasteiger partial charge in [-0.25, -0.2) is 4.79 Å². The fraction of sp³-hybridized carbons (Fsp3) is 0.333. The number of amides is 1. The molecule has 0 bridgehead atoms. The van der Waals surface area contributed by atoms with Crippen molar-refractivity contribution < 1.29 is 14.7 Å². The molecule has 3 N–H and O–H groups in total. The number of aliphatic carboxylic acids is 1. The Balaban J connectivity index is 1.85. The average Bonchev–Trinajstić information content (AvgIpc) is 2.95. The maximum atomic E-state index is 12.4. The fourth-order valence-corrected chi connectivity index (χ4v) is 3.79. The first-order chi connectivity index (χ1) is 10.1. The van der Waals surface area contributed by atoms with Crippen LogP contribution in [0.4, 0.5) is 0 Å². The normalized spacial score (nSPS) is 17.5. The van der Waals surface area contributed by atoms with Gasteiger partial charge >= 0.3 is 5.97 Å². The highest BCUT2D eigenvalue weighted by Crippen LogP contribution is 2.28. The number of fused-ring (bicyclic) bond motifs is 1. The summed E-state index contributed by atoms with van der Waals surface area (Å²) in [6, 6.07) is 7.19. The Bertz CT molecular complexity index is 689. The molecule has 1 aliphatic rings. The number of thioether (sulfide) groups is 1. The summed E-state index contributed by atoms with van der Waals surface area (Å²) in [5, 5.41) is 13.2. The molecule has 21 heavy (non-hydrogen) atoms. The third kappa shape index (κ3) is 2.63. The third-order valence-electron chi connectivity index (χ3n) is 3.92. The smallest absolute Gasteiger partial charge is 0.329 e. The molecule has 2 heterocycles. The number of carbonyl (C=O) groups excluding carboxylic acids is 1. The minimum Gasteiger partial charge on any atom is -0.480 e. The summed E-state index contributed by atoms with van der Waals surface area (Å²) in [6.07, 6.45) is 2.74. The van der Waals surface area contributed by atoms with E-state index in [4.69, 9.17) is 0 Å². The van der Waals surface area contributed by atoms with Gasteiger partial charge in [0.05, 0.1) is 0 Å². The molecule has 0 radical (unpaired) electrons. The van der Waals surface area contributed by atoms with E-state index >= 15 is 0 Å². The standard InChI is InChI=1S/C15H16N2O3S/c18-13(11-1-2-12-10(9-11)3-6-16-12)17-15(14(19)20)4-7-21-8-5-15/h1-3,6,9,16H,4-5,7-8H2,(H,17,18)(H,19,20). The lowest BCUT2D eigenvalue weighted by atomic mass is 9.91. The molecule has 1 aromatic heterocycles. The van der Waals surface area contributed by atoms with Crippen LogP contribution in [0.5, 0.6) is 0 Å². The molecule has 1 amide bonds. The number of carboxylic acid groups (broad SMARTS) is 1. The van der Waals surface area contributed by atoms with Gasteiger partial charge in [-0.2, -0.15) is 11.8 Å². The predicted molar refractivity (Wildman–Crippen MR) is 82.7 cm³/mol. The van der Waals surface area contributed by atoms with E-state index in [9.17, 15) is 14.7 Å². The van der Waals surface area contributed by atoms with Crippen molar-refractivity contribution >= 4 is 34.5 Å². The second-order valence-electron chi connectivity index (χ2n) is 5.23. The van der Waals surface area contributed by atoms with E-state index in [0.29, 0.717) is 18.4 Å². The highest BCUT2D eigenvalue weighted by Gasteiger charge is 2.41. The lowest BCUT2D eigenvalue weighted by Gasteiger charge is -2.33. The highest BCUT2D eigenvalue weighted by molar-refractivity contribution is 7.99. The molecule has 110 valence electrons. The Hall–Kier alpha value is -1.95. The van der Waals surface area contributed by atoms with Crippen molar-refractivity contribution in [3.8, 4) is 0 Å². The van der Waals surface area contributed by atoms with Crippen LogP contribution in [0.3, 0.4) is 0 Å². The predicted octanol–water partition coefficient (Wildman–Crippen LogP) is 2.25. The van der Waals surface area contributed by atoms with Crippen LogP contribution in [0, 0.1) is 0 Å². The van der Waals surface area contributed by atoms with Crippen LogP contribution in [0.15, 0.2) is 30.5 Å². The molecule has 2 aromatic rings. The number of hydrogen-bond donors (Lipinski definition) is 3. The van der Waals surface area contributed by atoms with Crippen LogP contribution in [0.2, 0.25) is 0 Å². The van der Waals surface area contributed by atoms with Crippen LogP contribution < -0.4 is 5.32 Å². The van der Waals surface area contributed by atoms with Crippen LogP contribution in [0.25, 0.3) is 10.9 Å². The second kappa shape index (κ2) is 5.44. The quantitative estimate of drug-likeness (QED) is 0.812. The minimum absolute atomic E-state index is 0.326. The Morgan fingerprint density at radius 2 is 2.00 bits per heavy atom. The number of carboxylic acids is 1. The van der Waals surface area contributed by atoms with Crippen LogP contribution in [-0.4, -0.2) is 39.0 Å². The third-order valence-corrected chi connectivity index (χ3v) is 4.91. The van der Waals surface area contributed by atoms with Crippen LogP contribution >= 0.6 is 11.8 Å². The van der Waals surface area contributed by atoms with E-state index in [0.717, 1.165) is 22.4 Å². The zero-order valence-corrected chi connectivity index (χ0v) is 12.2. The number of aromatic amines is 1. The van der Waals surface area contributed by atoms with Gasteiger partial charge in [-0.05, 0) is 48.6 Å². The first-order valence-corrected chi connectivity index (χ1v) is 7.97. The van der Waals surface area contributed by atoms with Gasteiger partial charge in [0.2, 0.25) is 0 Å². The monoisotopic (exact) mass is 304 g/mol. The molecular weight excluding hydrogens is 288 g/mol. The summed E-state index contributed by atoms with van der Waals surface area (Å²) in [7, 11) is 0. The average molecular weight is 304 g/mol. The van der Waals surface area contributed by atoms with Crippen molar-refractivity contribution in [1.82, 2.24) is 10.3 Å². The largest absolute Gasteiger partial charge is 0.480 e. The highest BCUT2D eigenvalue weighted by atomic mass is 32.2. The molecule has 0 unspecified atom stereocenters. The summed E-state index contributed by atoms with van der Waals surface area (Å²) in [5.41, 5.74) is 0.310. The molecule has 3 rings (SSSR count). The zero-order chi connectivity index (χ0) is 14.9. The molecule has 1 aliphatic heterocycles. The summed E-state index contributed by atoms with van der Waals surface area (Å²) in [4.78, 5) is 27.0. The number of rotatable bonds is 3. The van der Waals surface area contributed by atoms with Crippen LogP contribution in [0.1, 0.15) is 23.2 Å². The Morgan fingerprint density at radius 3 is 2.71 bits per heavy atom. The number of H-pyrrole nitrogens is 1. The van der Waals surface area contributed by atoms with E-state index in [2.05, 4.69) is 10.3 Å². The molecule has 0 aliphatic carbocycles. The zero-order valence-electron chi connectivity index (χ0n) is 11.4. The van der Waals surface area contributed by atoms with Crippen molar-refractivity contribution in [3.05, 3.63) is 36.0 Å². The summed E-state index contributed by atoms with van der Waals surface area (Å²) < 4.78 is 0. The molecule has 0 saturated carbocycles. The van der Waals surface area contributed by atoms with Gasteiger partial charge < -0.3 is 15.4 Å². The van der Waals surface area contributed by atoms with Gasteiger partial charge in [-0.15, -0.1) is 0 Å². The first kappa shape index (κ1) is 14.0. The van der Waals surface area contributed by atoms with Gasteiger partial charge in [0.15, 0.2) is 0 Å². The maximum Gasteiger partial charge on any atom is 0.329 e. The number of nitrogens with one attached hydrogen (secondary N) is 2. The van der Waals surface area contributed by atoms with Crippen LogP contribution in [-0.2, 0) is 4.79 Å². The van der Waals surface area contributed by atoms with E-state index in [-0.39, 0.29) is 5.91 Å². The number of benzene rings is 1. The molecule has 0 spiro atoms. The molecular formula is C15H16N2O3S. The van der Waals surface area contributed by atoms with Gasteiger partial charge in [0, 0.05) is 22.7 Å². The van der Waals surface area contributed by atoms with Gasteiger partial charge in [-0.3, -0.25) is 4.79 Å². The van der Waals surface area contributed by atoms with E-state index in [1.165, 1.54) is 0 Å². The second-order valence-corrected chi connectivity index (χ2v) is 6.46. The molecule has 6 heteroatoms. The van der Waals surface area contributed by atoms with Crippen molar-refractivity contribution in [1.29, 1.82) is 0 Å². The van der Waals surface area contributed by atoms with Gasteiger partial charge in [-0.1, -0.05) is 0 Å².